The normalized spacial score (nSPS) is 15.9. The molecule has 1 atom stereocenters. The Morgan fingerprint density at radius 3 is 1.98 bits per heavy atom. The summed E-state index contributed by atoms with van der Waals surface area (Å²) in [5, 5.41) is 0. The Balaban J connectivity index is 1.28. The van der Waals surface area contributed by atoms with E-state index in [0.717, 1.165) is 34.0 Å². The van der Waals surface area contributed by atoms with Gasteiger partial charge in [0.25, 0.3) is 0 Å². The number of para-hydroxylation sites is 2. The fourth-order valence-corrected chi connectivity index (χ4v) is 9.61. The van der Waals surface area contributed by atoms with Crippen LogP contribution in [0.2, 0.25) is 0 Å². The minimum absolute atomic E-state index is 0.0703. The van der Waals surface area contributed by atoms with Crippen molar-refractivity contribution in [1.29, 1.82) is 0 Å². The molecule has 0 amide bonds. The van der Waals surface area contributed by atoms with Gasteiger partial charge in [-0.3, -0.25) is 0 Å². The maximum Gasteiger partial charge on any atom is 0.499 e. The maximum atomic E-state index is 7.63. The molecule has 0 aliphatic carbocycles. The lowest BCUT2D eigenvalue weighted by atomic mass is 9.80. The summed E-state index contributed by atoms with van der Waals surface area (Å²) >= 11 is 0. The topological polar surface area (TPSA) is 21.9 Å². The molecule has 6 aromatic carbocycles. The lowest BCUT2D eigenvalue weighted by molar-refractivity contribution is -0.997. The minimum Gasteiger partial charge on any atom is -0.392 e. The molecule has 278 valence electrons. The fourth-order valence-electron chi connectivity index (χ4n) is 9.61. The minimum atomic E-state index is -0.997. The molecule has 3 aliphatic rings. The molecule has 1 spiro atoms. The van der Waals surface area contributed by atoms with E-state index in [9.17, 15) is 0 Å². The smallest absolute Gasteiger partial charge is 0.392 e. The standard InChI is InChI=1S/C53H47N3O/c1-32-16-19-34(20-17-32)36-26-27-54-46(29-36)43-31-38(52(6,7)8)30-42-39-13-11-14-45-49(39)56-50(40-12-9-10-15-47(40)57-53(54,56)48(42)43)55(45)44-25-18-33(2)28-41(44)35-21-23-37(24-22-35)51(3,4)5/h9-31H,1-8H3/q+2. The number of nitrogens with zero attached hydrogens (tertiary/aromatic N) is 3. The number of pyridine rings is 1. The zero-order valence-electron chi connectivity index (χ0n) is 34.0. The van der Waals surface area contributed by atoms with Crippen LogP contribution in [-0.2, 0) is 16.7 Å². The molecule has 5 heterocycles. The third-order valence-corrected chi connectivity index (χ3v) is 12.6. The van der Waals surface area contributed by atoms with E-state index < -0.39 is 5.85 Å². The summed E-state index contributed by atoms with van der Waals surface area (Å²) in [6, 6.07) is 50.0. The zero-order valence-corrected chi connectivity index (χ0v) is 34.0. The van der Waals surface area contributed by atoms with Crippen molar-refractivity contribution in [3.05, 3.63) is 167 Å². The highest BCUT2D eigenvalue weighted by atomic mass is 16.5. The van der Waals surface area contributed by atoms with E-state index in [1.165, 1.54) is 72.3 Å². The summed E-state index contributed by atoms with van der Waals surface area (Å²) in [6.45, 7) is 18.1. The largest absolute Gasteiger partial charge is 0.499 e. The van der Waals surface area contributed by atoms with E-state index in [-0.39, 0.29) is 10.8 Å². The Morgan fingerprint density at radius 1 is 0.544 bits per heavy atom. The van der Waals surface area contributed by atoms with E-state index in [1.54, 1.807) is 0 Å². The van der Waals surface area contributed by atoms with Gasteiger partial charge < -0.3 is 4.74 Å². The van der Waals surface area contributed by atoms with E-state index >= 15 is 0 Å². The van der Waals surface area contributed by atoms with Gasteiger partial charge in [0.1, 0.15) is 22.6 Å². The second-order valence-electron chi connectivity index (χ2n) is 18.5. The van der Waals surface area contributed by atoms with Crippen LogP contribution in [0, 0.1) is 13.8 Å². The molecule has 0 N–H and O–H groups in total. The Labute approximate surface area is 335 Å². The summed E-state index contributed by atoms with van der Waals surface area (Å²) in [4.78, 5) is 0. The van der Waals surface area contributed by atoms with E-state index in [4.69, 9.17) is 4.74 Å². The number of rotatable bonds is 3. The Kier molecular flexibility index (Phi) is 6.81. The number of ether oxygens (including phenoxy) is 1. The Bertz CT molecular complexity index is 3010. The highest BCUT2D eigenvalue weighted by Crippen LogP contribution is 2.54. The second kappa shape index (κ2) is 11.4. The van der Waals surface area contributed by atoms with Crippen LogP contribution >= 0.6 is 0 Å². The van der Waals surface area contributed by atoms with Crippen LogP contribution in [0.1, 0.15) is 69.4 Å². The monoisotopic (exact) mass is 741 g/mol. The molecule has 8 aromatic rings. The third-order valence-electron chi connectivity index (χ3n) is 12.6. The van der Waals surface area contributed by atoms with E-state index in [0.29, 0.717) is 0 Å². The Hall–Kier alpha value is -6.26. The van der Waals surface area contributed by atoms with Gasteiger partial charge in [-0.25, -0.2) is 0 Å². The lowest BCUT2D eigenvalue weighted by Gasteiger charge is -2.32. The van der Waals surface area contributed by atoms with Crippen molar-refractivity contribution in [1.82, 2.24) is 4.57 Å². The molecule has 0 saturated heterocycles. The number of aromatic nitrogens is 3. The Morgan fingerprint density at radius 2 is 1.23 bits per heavy atom. The first-order valence-corrected chi connectivity index (χ1v) is 20.3. The highest BCUT2D eigenvalue weighted by molar-refractivity contribution is 5.98. The number of benzene rings is 6. The van der Waals surface area contributed by atoms with E-state index in [2.05, 4.69) is 209 Å². The molecule has 4 nitrogen and oxygen atoms in total. The molecular formula is C53H47N3O+2. The van der Waals surface area contributed by atoms with Crippen LogP contribution in [-0.4, -0.2) is 4.57 Å². The molecule has 0 saturated carbocycles. The van der Waals surface area contributed by atoms with Gasteiger partial charge in [-0.05, 0) is 101 Å². The van der Waals surface area contributed by atoms with Crippen LogP contribution in [0.4, 0.5) is 0 Å². The van der Waals surface area contributed by atoms with Crippen molar-refractivity contribution in [3.63, 3.8) is 0 Å². The summed E-state index contributed by atoms with van der Waals surface area (Å²) < 4.78 is 15.1. The quantitative estimate of drug-likeness (QED) is 0.165. The van der Waals surface area contributed by atoms with E-state index in [1.807, 2.05) is 0 Å². The third kappa shape index (κ3) is 4.67. The van der Waals surface area contributed by atoms with Crippen LogP contribution in [0.25, 0.3) is 72.7 Å². The van der Waals surface area contributed by atoms with Gasteiger partial charge in [-0.2, -0.15) is 4.57 Å². The van der Waals surface area contributed by atoms with Crippen LogP contribution in [0.5, 0.6) is 5.75 Å². The molecule has 2 aromatic heterocycles. The molecule has 0 bridgehead atoms. The molecule has 0 fully saturated rings. The van der Waals surface area contributed by atoms with Gasteiger partial charge in [0.15, 0.2) is 17.2 Å². The van der Waals surface area contributed by atoms with Crippen molar-refractivity contribution < 1.29 is 13.9 Å². The fraction of sp³-hybridized carbons (Fsp3) is 0.208. The number of aryl methyl sites for hydroxylation is 2. The predicted octanol–water partition coefficient (Wildman–Crippen LogP) is 12.0. The molecule has 57 heavy (non-hydrogen) atoms. The zero-order chi connectivity index (χ0) is 39.2. The van der Waals surface area contributed by atoms with Crippen molar-refractivity contribution in [2.45, 2.75) is 72.1 Å². The first kappa shape index (κ1) is 34.0. The first-order chi connectivity index (χ1) is 27.3. The van der Waals surface area contributed by atoms with Gasteiger partial charge in [0.05, 0.1) is 5.56 Å². The van der Waals surface area contributed by atoms with Crippen molar-refractivity contribution in [2.75, 3.05) is 0 Å². The molecule has 3 aliphatic heterocycles. The first-order valence-electron chi connectivity index (χ1n) is 20.3. The molecule has 4 heteroatoms. The number of hydrogen-bond acceptors (Lipinski definition) is 1. The SMILES string of the molecule is Cc1ccc(-c2cc[n+]3c(c2)-c2cc(C(C)(C)C)cc4c2C32Oc3ccccc3-c3n(-c5ccc(C)cc5-c5ccc(C(C)(C)C)cc5)c5cccc-4c5[n+]32)cc1. The average molecular weight is 742 g/mol. The van der Waals surface area contributed by atoms with Gasteiger partial charge in [0, 0.05) is 28.8 Å². The molecule has 1 unspecified atom stereocenters. The van der Waals surface area contributed by atoms with Crippen LogP contribution in [0.3, 0.4) is 0 Å². The maximum absolute atomic E-state index is 7.63. The van der Waals surface area contributed by atoms with Gasteiger partial charge in [0.2, 0.25) is 5.69 Å². The van der Waals surface area contributed by atoms with Gasteiger partial charge >= 0.3 is 11.7 Å². The highest BCUT2D eigenvalue weighted by Gasteiger charge is 2.68. The predicted molar refractivity (Wildman–Crippen MR) is 231 cm³/mol. The summed E-state index contributed by atoms with van der Waals surface area (Å²) in [5.74, 6) is 0.978. The van der Waals surface area contributed by atoms with Crippen LogP contribution < -0.4 is 13.9 Å². The van der Waals surface area contributed by atoms with Crippen molar-refractivity contribution >= 4 is 11.0 Å². The number of fused-ring (bicyclic) bond motifs is 5. The van der Waals surface area contributed by atoms with Crippen LogP contribution in [0.15, 0.2) is 140 Å². The van der Waals surface area contributed by atoms with Crippen molar-refractivity contribution in [2.24, 2.45) is 0 Å². The molecular weight excluding hydrogens is 695 g/mol. The van der Waals surface area contributed by atoms with Gasteiger partial charge in [-0.1, -0.05) is 125 Å². The number of hydrogen-bond donors (Lipinski definition) is 0. The summed E-state index contributed by atoms with van der Waals surface area (Å²) in [6.07, 6.45) is 2.26. The second-order valence-corrected chi connectivity index (χ2v) is 18.5. The molecule has 0 radical (unpaired) electrons. The summed E-state index contributed by atoms with van der Waals surface area (Å²) in [5.41, 5.74) is 20.5. The lowest BCUT2D eigenvalue weighted by Crippen LogP contribution is -2.78. The summed E-state index contributed by atoms with van der Waals surface area (Å²) in [7, 11) is 0. The van der Waals surface area contributed by atoms with Gasteiger partial charge in [-0.15, -0.1) is 9.13 Å². The average Bonchev–Trinajstić information content (AvgIpc) is 3.69. The number of imidazole rings is 1. The van der Waals surface area contributed by atoms with Crippen molar-refractivity contribution in [3.8, 4) is 67.5 Å². The molecule has 11 rings (SSSR count).